The summed E-state index contributed by atoms with van der Waals surface area (Å²) in [5, 5.41) is 21.9. The van der Waals surface area contributed by atoms with Gasteiger partial charge in [-0.05, 0) is 57.6 Å². The van der Waals surface area contributed by atoms with E-state index < -0.39 is 10.0 Å². The van der Waals surface area contributed by atoms with Gasteiger partial charge in [-0.15, -0.1) is 0 Å². The number of piperidine rings is 1. The molecule has 0 unspecified atom stereocenters. The molecule has 3 N–H and O–H groups in total. The van der Waals surface area contributed by atoms with Crippen LogP contribution in [0.2, 0.25) is 0 Å². The molecule has 4 aromatic rings. The molecule has 0 spiro atoms. The molecule has 1 aromatic carbocycles. The average molecular weight is 665 g/mol. The summed E-state index contributed by atoms with van der Waals surface area (Å²) >= 11 is 0. The highest BCUT2D eigenvalue weighted by Gasteiger charge is 2.29. The second kappa shape index (κ2) is 14.0. The smallest absolute Gasteiger partial charge is 0.213 e. The molecule has 0 amide bonds. The molecule has 47 heavy (non-hydrogen) atoms. The lowest BCUT2D eigenvalue weighted by Gasteiger charge is -2.31. The van der Waals surface area contributed by atoms with Gasteiger partial charge in [0.25, 0.3) is 0 Å². The molecule has 3 aromatic heterocycles. The van der Waals surface area contributed by atoms with E-state index >= 15 is 0 Å². The number of aromatic nitrogens is 5. The lowest BCUT2D eigenvalue weighted by Crippen LogP contribution is -2.39. The number of aliphatic hydroxyl groups excluding tert-OH is 1. The lowest BCUT2D eigenvalue weighted by atomic mass is 10.1. The first-order valence-electron chi connectivity index (χ1n) is 16.3. The van der Waals surface area contributed by atoms with E-state index in [2.05, 4.69) is 17.6 Å². The molecule has 1 aliphatic heterocycles. The number of hydrogen-bond acceptors (Lipinski definition) is 11. The first-order chi connectivity index (χ1) is 22.7. The molecule has 14 heteroatoms. The van der Waals surface area contributed by atoms with Crippen LogP contribution in [0.5, 0.6) is 11.5 Å². The van der Waals surface area contributed by atoms with Crippen molar-refractivity contribution in [3.8, 4) is 22.6 Å². The quantitative estimate of drug-likeness (QED) is 0.197. The summed E-state index contributed by atoms with van der Waals surface area (Å²) < 4.78 is 39.2. The Morgan fingerprint density at radius 2 is 1.81 bits per heavy atom. The predicted octanol–water partition coefficient (Wildman–Crippen LogP) is 4.39. The van der Waals surface area contributed by atoms with Crippen LogP contribution in [-0.2, 0) is 23.0 Å². The van der Waals surface area contributed by atoms with Crippen LogP contribution in [0.25, 0.3) is 22.2 Å². The van der Waals surface area contributed by atoms with E-state index in [1.54, 1.807) is 31.6 Å². The number of ether oxygens (including phenoxy) is 2. The molecule has 1 aliphatic carbocycles. The minimum atomic E-state index is -3.20. The van der Waals surface area contributed by atoms with Crippen LogP contribution in [0.4, 0.5) is 11.6 Å². The van der Waals surface area contributed by atoms with Crippen molar-refractivity contribution in [2.75, 3.05) is 43.7 Å². The maximum absolute atomic E-state index is 12.4. The number of rotatable bonds is 12. The Morgan fingerprint density at radius 3 is 2.49 bits per heavy atom. The lowest BCUT2D eigenvalue weighted by molar-refractivity contribution is 0.182. The topological polar surface area (TPSA) is 157 Å². The second-order valence-electron chi connectivity index (χ2n) is 12.2. The first kappa shape index (κ1) is 32.9. The van der Waals surface area contributed by atoms with Gasteiger partial charge in [-0.25, -0.2) is 27.7 Å². The SMILES string of the molecule is CCc1nc2c(NCc3ccc(OC)cc3OC)ncc(-c3cnn(C4CCN(S(=O)(=O)CC)CC4)c3)c2nc1N[C@@H]1CC[C@H](O)C1. The van der Waals surface area contributed by atoms with Crippen molar-refractivity contribution < 1.29 is 23.0 Å². The highest BCUT2D eigenvalue weighted by molar-refractivity contribution is 7.89. The van der Waals surface area contributed by atoms with Crippen molar-refractivity contribution in [1.82, 2.24) is 29.0 Å². The van der Waals surface area contributed by atoms with E-state index in [0.717, 1.165) is 35.2 Å². The molecule has 4 heterocycles. The Kier molecular flexibility index (Phi) is 9.80. The van der Waals surface area contributed by atoms with Gasteiger partial charge in [0, 0.05) is 60.8 Å². The molecule has 2 aliphatic rings. The van der Waals surface area contributed by atoms with Crippen LogP contribution in [0, 0.1) is 0 Å². The zero-order chi connectivity index (χ0) is 33.1. The molecule has 0 bridgehead atoms. The van der Waals surface area contributed by atoms with Gasteiger partial charge in [0.1, 0.15) is 28.4 Å². The molecule has 2 fully saturated rings. The van der Waals surface area contributed by atoms with E-state index in [-0.39, 0.29) is 23.9 Å². The van der Waals surface area contributed by atoms with Gasteiger partial charge in [-0.2, -0.15) is 5.10 Å². The fraction of sp³-hybridized carbons (Fsp3) is 0.515. The highest BCUT2D eigenvalue weighted by Crippen LogP contribution is 2.35. The van der Waals surface area contributed by atoms with Gasteiger partial charge in [0.2, 0.25) is 10.0 Å². The van der Waals surface area contributed by atoms with E-state index in [1.165, 1.54) is 0 Å². The van der Waals surface area contributed by atoms with Crippen LogP contribution < -0.4 is 20.1 Å². The Bertz CT molecular complexity index is 1820. The van der Waals surface area contributed by atoms with Gasteiger partial charge in [-0.3, -0.25) is 4.68 Å². The number of aryl methyl sites for hydroxylation is 1. The van der Waals surface area contributed by atoms with Crippen molar-refractivity contribution in [2.24, 2.45) is 0 Å². The van der Waals surface area contributed by atoms with Crippen LogP contribution in [0.1, 0.15) is 63.3 Å². The van der Waals surface area contributed by atoms with Crippen molar-refractivity contribution in [1.29, 1.82) is 0 Å². The standard InChI is InChI=1S/C33H44N8O5S/c1-5-28-32(37-23-8-9-25(42)15-23)39-30-27(22-18-36-41(20-22)24-11-13-40(14-12-24)47(43,44)6-2)19-35-33(31(30)38-28)34-17-21-7-10-26(45-3)16-29(21)46-4/h7,10,16,18-20,23-25,42H,5-6,8-9,11-15,17H2,1-4H3,(H,34,35)(H,37,39)/t23-,25+/m1/s1. The number of fused-ring (bicyclic) bond motifs is 1. The largest absolute Gasteiger partial charge is 0.497 e. The summed E-state index contributed by atoms with van der Waals surface area (Å²) in [6.45, 7) is 5.15. The van der Waals surface area contributed by atoms with Crippen molar-refractivity contribution in [3.05, 3.63) is 48.0 Å². The first-order valence-corrected chi connectivity index (χ1v) is 17.9. The van der Waals surface area contributed by atoms with E-state index in [9.17, 15) is 13.5 Å². The highest BCUT2D eigenvalue weighted by atomic mass is 32.2. The predicted molar refractivity (Wildman–Crippen MR) is 181 cm³/mol. The van der Waals surface area contributed by atoms with Crippen molar-refractivity contribution in [3.63, 3.8) is 0 Å². The number of nitrogens with one attached hydrogen (secondary N) is 2. The van der Waals surface area contributed by atoms with Crippen LogP contribution >= 0.6 is 0 Å². The van der Waals surface area contributed by atoms with Crippen LogP contribution in [-0.4, -0.2) is 87.8 Å². The maximum atomic E-state index is 12.4. The monoisotopic (exact) mass is 664 g/mol. The number of sulfonamides is 1. The Morgan fingerprint density at radius 1 is 1.00 bits per heavy atom. The molecular weight excluding hydrogens is 620 g/mol. The number of hydrogen-bond donors (Lipinski definition) is 3. The number of benzene rings is 1. The van der Waals surface area contributed by atoms with Gasteiger partial charge in [0.05, 0.1) is 44.0 Å². The number of pyridine rings is 1. The summed E-state index contributed by atoms with van der Waals surface area (Å²) in [5.74, 6) is 2.84. The fourth-order valence-corrected chi connectivity index (χ4v) is 7.61. The molecule has 6 rings (SSSR count). The molecule has 1 saturated carbocycles. The molecule has 252 valence electrons. The molecular formula is C33H44N8O5S. The third-order valence-electron chi connectivity index (χ3n) is 9.26. The fourth-order valence-electron chi connectivity index (χ4n) is 6.48. The Balaban J connectivity index is 1.34. The van der Waals surface area contributed by atoms with Crippen molar-refractivity contribution >= 4 is 32.7 Å². The van der Waals surface area contributed by atoms with Gasteiger partial charge in [0.15, 0.2) is 5.82 Å². The molecule has 13 nitrogen and oxygen atoms in total. The molecule has 2 atom stereocenters. The third kappa shape index (κ3) is 6.99. The molecule has 1 saturated heterocycles. The summed E-state index contributed by atoms with van der Waals surface area (Å²) in [4.78, 5) is 15.1. The Hall–Kier alpha value is -4.01. The third-order valence-corrected chi connectivity index (χ3v) is 11.1. The van der Waals surface area contributed by atoms with E-state index in [0.29, 0.717) is 79.5 Å². The number of methoxy groups -OCH3 is 2. The molecule has 0 radical (unpaired) electrons. The summed E-state index contributed by atoms with van der Waals surface area (Å²) in [6.07, 6.45) is 9.67. The minimum absolute atomic E-state index is 0.0931. The minimum Gasteiger partial charge on any atom is -0.497 e. The van der Waals surface area contributed by atoms with E-state index in [1.807, 2.05) is 35.3 Å². The zero-order valence-electron chi connectivity index (χ0n) is 27.4. The van der Waals surface area contributed by atoms with Crippen LogP contribution in [0.15, 0.2) is 36.8 Å². The summed E-state index contributed by atoms with van der Waals surface area (Å²) in [6, 6.07) is 5.92. The van der Waals surface area contributed by atoms with Gasteiger partial charge in [-0.1, -0.05) is 6.92 Å². The number of anilines is 2. The van der Waals surface area contributed by atoms with Gasteiger partial charge >= 0.3 is 0 Å². The second-order valence-corrected chi connectivity index (χ2v) is 14.4. The number of nitrogens with zero attached hydrogens (tertiary/aromatic N) is 6. The zero-order valence-corrected chi connectivity index (χ0v) is 28.3. The van der Waals surface area contributed by atoms with E-state index in [4.69, 9.17) is 29.5 Å². The summed E-state index contributed by atoms with van der Waals surface area (Å²) in [5.41, 5.74) is 4.76. The normalized spacial score (nSPS) is 19.3. The van der Waals surface area contributed by atoms with Gasteiger partial charge < -0.3 is 25.2 Å². The van der Waals surface area contributed by atoms with Crippen LogP contribution in [0.3, 0.4) is 0 Å². The summed E-state index contributed by atoms with van der Waals surface area (Å²) in [7, 11) is 0.0539. The number of aliphatic hydroxyl groups is 1. The average Bonchev–Trinajstić information content (AvgIpc) is 3.76. The maximum Gasteiger partial charge on any atom is 0.213 e. The van der Waals surface area contributed by atoms with Crippen molar-refractivity contribution in [2.45, 2.75) is 77.1 Å². The Labute approximate surface area is 275 Å².